The second kappa shape index (κ2) is 6.25. The number of sulfone groups is 1. The molecule has 0 radical (unpaired) electrons. The van der Waals surface area contributed by atoms with Crippen LogP contribution >= 0.6 is 0 Å². The van der Waals surface area contributed by atoms with Crippen LogP contribution < -0.4 is 0 Å². The van der Waals surface area contributed by atoms with Crippen molar-refractivity contribution < 1.29 is 8.42 Å². The van der Waals surface area contributed by atoms with Gasteiger partial charge in [-0.1, -0.05) is 50.0 Å². The lowest BCUT2D eigenvalue weighted by Crippen LogP contribution is -2.37. The Bertz CT molecular complexity index is 433. The summed E-state index contributed by atoms with van der Waals surface area (Å²) in [5.74, 6) is 0. The van der Waals surface area contributed by atoms with E-state index in [9.17, 15) is 8.42 Å². The summed E-state index contributed by atoms with van der Waals surface area (Å²) in [6.07, 6.45) is 12.5. The highest BCUT2D eigenvalue weighted by atomic mass is 32.2. The van der Waals surface area contributed by atoms with Crippen LogP contribution in [0.15, 0.2) is 23.3 Å². The van der Waals surface area contributed by atoms with Crippen LogP contribution in [0.1, 0.15) is 65.2 Å². The SMILES string of the molecule is CCCCC1=CC(S(=O)(=O)C2C=C(CCCC)C2)C1. The molecule has 0 saturated carbocycles. The van der Waals surface area contributed by atoms with Crippen LogP contribution in [0.25, 0.3) is 0 Å². The molecular formula is C16H26O2S. The maximum atomic E-state index is 12.3. The number of rotatable bonds is 8. The van der Waals surface area contributed by atoms with E-state index in [0.717, 1.165) is 25.7 Å². The van der Waals surface area contributed by atoms with E-state index in [1.165, 1.54) is 36.8 Å². The molecule has 0 fully saturated rings. The average Bonchev–Trinajstić information content (AvgIpc) is 2.24. The zero-order valence-corrected chi connectivity index (χ0v) is 13.0. The minimum Gasteiger partial charge on any atom is -0.228 e. The van der Waals surface area contributed by atoms with Crippen molar-refractivity contribution in [3.63, 3.8) is 0 Å². The molecule has 0 aromatic heterocycles. The van der Waals surface area contributed by atoms with Crippen molar-refractivity contribution in [2.45, 2.75) is 75.7 Å². The summed E-state index contributed by atoms with van der Waals surface area (Å²) in [5, 5.41) is -0.373. The fourth-order valence-corrected chi connectivity index (χ4v) is 4.91. The Balaban J connectivity index is 1.85. The van der Waals surface area contributed by atoms with Gasteiger partial charge in [-0.05, 0) is 38.5 Å². The maximum Gasteiger partial charge on any atom is 0.163 e. The molecule has 108 valence electrons. The highest BCUT2D eigenvalue weighted by molar-refractivity contribution is 7.93. The molecule has 0 bridgehead atoms. The van der Waals surface area contributed by atoms with Gasteiger partial charge in [0.1, 0.15) is 0 Å². The zero-order chi connectivity index (χ0) is 13.9. The molecule has 2 rings (SSSR count). The summed E-state index contributed by atoms with van der Waals surface area (Å²) in [5.41, 5.74) is 2.70. The molecule has 0 aliphatic heterocycles. The third-order valence-corrected chi connectivity index (χ3v) is 6.61. The van der Waals surface area contributed by atoms with E-state index in [2.05, 4.69) is 13.8 Å². The normalized spacial score (nSPS) is 26.2. The predicted molar refractivity (Wildman–Crippen MR) is 80.9 cm³/mol. The van der Waals surface area contributed by atoms with Crippen molar-refractivity contribution in [1.29, 1.82) is 0 Å². The van der Waals surface area contributed by atoms with Gasteiger partial charge in [0.05, 0.1) is 10.5 Å². The molecule has 0 amide bonds. The number of allylic oxidation sites excluding steroid dienone is 2. The lowest BCUT2D eigenvalue weighted by molar-refractivity contribution is 0.561. The Morgan fingerprint density at radius 1 is 0.947 bits per heavy atom. The quantitative estimate of drug-likeness (QED) is 0.626. The fraction of sp³-hybridized carbons (Fsp3) is 0.750. The Morgan fingerprint density at radius 2 is 1.32 bits per heavy atom. The Kier molecular flexibility index (Phi) is 4.88. The van der Waals surface area contributed by atoms with Gasteiger partial charge in [0.15, 0.2) is 9.84 Å². The maximum absolute atomic E-state index is 12.3. The molecule has 0 heterocycles. The Labute approximate surface area is 117 Å². The van der Waals surface area contributed by atoms with Crippen LogP contribution in [0.4, 0.5) is 0 Å². The fourth-order valence-electron chi connectivity index (χ4n) is 2.80. The largest absolute Gasteiger partial charge is 0.228 e. The highest BCUT2D eigenvalue weighted by Gasteiger charge is 2.39. The van der Waals surface area contributed by atoms with E-state index in [0.29, 0.717) is 0 Å². The molecule has 0 spiro atoms. The first-order chi connectivity index (χ1) is 9.07. The smallest absolute Gasteiger partial charge is 0.163 e. The van der Waals surface area contributed by atoms with Gasteiger partial charge in [-0.2, -0.15) is 0 Å². The van der Waals surface area contributed by atoms with E-state index in [4.69, 9.17) is 0 Å². The summed E-state index contributed by atoms with van der Waals surface area (Å²) >= 11 is 0. The molecule has 0 saturated heterocycles. The number of hydrogen-bond acceptors (Lipinski definition) is 2. The molecule has 0 N–H and O–H groups in total. The van der Waals surface area contributed by atoms with Crippen LogP contribution in [0.2, 0.25) is 0 Å². The lowest BCUT2D eigenvalue weighted by Gasteiger charge is -2.33. The molecule has 2 nitrogen and oxygen atoms in total. The van der Waals surface area contributed by atoms with Gasteiger partial charge in [0, 0.05) is 0 Å². The van der Waals surface area contributed by atoms with Gasteiger partial charge in [0.25, 0.3) is 0 Å². The molecule has 2 unspecified atom stereocenters. The van der Waals surface area contributed by atoms with E-state index in [1.807, 2.05) is 12.2 Å². The molecule has 2 aliphatic carbocycles. The van der Waals surface area contributed by atoms with Gasteiger partial charge in [0.2, 0.25) is 0 Å². The number of hydrogen-bond donors (Lipinski definition) is 0. The lowest BCUT2D eigenvalue weighted by atomic mass is 9.93. The van der Waals surface area contributed by atoms with Crippen molar-refractivity contribution in [2.24, 2.45) is 0 Å². The summed E-state index contributed by atoms with van der Waals surface area (Å²) < 4.78 is 24.7. The topological polar surface area (TPSA) is 34.1 Å². The van der Waals surface area contributed by atoms with Crippen molar-refractivity contribution in [3.8, 4) is 0 Å². The molecular weight excluding hydrogens is 256 g/mol. The average molecular weight is 282 g/mol. The zero-order valence-electron chi connectivity index (χ0n) is 12.2. The first-order valence-electron chi connectivity index (χ1n) is 7.69. The summed E-state index contributed by atoms with van der Waals surface area (Å²) in [6, 6.07) is 0. The molecule has 2 atom stereocenters. The highest BCUT2D eigenvalue weighted by Crippen LogP contribution is 2.37. The molecule has 3 heteroatoms. The van der Waals surface area contributed by atoms with E-state index >= 15 is 0 Å². The van der Waals surface area contributed by atoms with E-state index in [-0.39, 0.29) is 10.5 Å². The van der Waals surface area contributed by atoms with Gasteiger partial charge >= 0.3 is 0 Å². The van der Waals surface area contributed by atoms with E-state index < -0.39 is 9.84 Å². The molecule has 2 aliphatic rings. The van der Waals surface area contributed by atoms with Gasteiger partial charge < -0.3 is 0 Å². The van der Waals surface area contributed by atoms with Crippen LogP contribution in [0.5, 0.6) is 0 Å². The van der Waals surface area contributed by atoms with Crippen molar-refractivity contribution in [3.05, 3.63) is 23.3 Å². The minimum absolute atomic E-state index is 0.187. The third-order valence-electron chi connectivity index (χ3n) is 4.32. The predicted octanol–water partition coefficient (Wildman–Crippen LogP) is 4.18. The monoisotopic (exact) mass is 282 g/mol. The van der Waals surface area contributed by atoms with Gasteiger partial charge in [-0.3, -0.25) is 0 Å². The van der Waals surface area contributed by atoms with Gasteiger partial charge in [-0.25, -0.2) is 8.42 Å². The van der Waals surface area contributed by atoms with Crippen molar-refractivity contribution >= 4 is 9.84 Å². The Hall–Kier alpha value is -0.570. The van der Waals surface area contributed by atoms with Crippen LogP contribution in [0.3, 0.4) is 0 Å². The van der Waals surface area contributed by atoms with Crippen LogP contribution in [-0.4, -0.2) is 18.9 Å². The first kappa shape index (κ1) is 14.8. The second-order valence-corrected chi connectivity index (χ2v) is 8.32. The standard InChI is InChI=1S/C16H26O2S/c1-3-5-7-13-9-15(10-13)19(17,18)16-11-14(12-16)8-6-4-2/h9,11,15-16H,3-8,10,12H2,1-2H3. The van der Waals surface area contributed by atoms with E-state index in [1.54, 1.807) is 0 Å². The summed E-state index contributed by atoms with van der Waals surface area (Å²) in [4.78, 5) is 0. The minimum atomic E-state index is -2.93. The second-order valence-electron chi connectivity index (χ2n) is 5.93. The van der Waals surface area contributed by atoms with Crippen LogP contribution in [0, 0.1) is 0 Å². The molecule has 0 aromatic rings. The summed E-state index contributed by atoms with van der Waals surface area (Å²) in [6.45, 7) is 4.34. The first-order valence-corrected chi connectivity index (χ1v) is 9.30. The molecule has 0 aromatic carbocycles. The Morgan fingerprint density at radius 3 is 1.63 bits per heavy atom. The molecule has 19 heavy (non-hydrogen) atoms. The van der Waals surface area contributed by atoms with Gasteiger partial charge in [-0.15, -0.1) is 0 Å². The van der Waals surface area contributed by atoms with Crippen molar-refractivity contribution in [1.82, 2.24) is 0 Å². The van der Waals surface area contributed by atoms with Crippen molar-refractivity contribution in [2.75, 3.05) is 0 Å². The third kappa shape index (κ3) is 3.31. The van der Waals surface area contributed by atoms with Crippen LogP contribution in [-0.2, 0) is 9.84 Å². The summed E-state index contributed by atoms with van der Waals surface area (Å²) in [7, 11) is -2.93. The number of unbranched alkanes of at least 4 members (excludes halogenated alkanes) is 2.